The largest absolute Gasteiger partial charge is 0.385 e. The van der Waals surface area contributed by atoms with E-state index in [9.17, 15) is 0 Å². The van der Waals surface area contributed by atoms with Crippen molar-refractivity contribution in [2.24, 2.45) is 0 Å². The van der Waals surface area contributed by atoms with Crippen molar-refractivity contribution in [1.82, 2.24) is 5.32 Å². The minimum absolute atomic E-state index is 0.892. The summed E-state index contributed by atoms with van der Waals surface area (Å²) < 4.78 is 0. The molecule has 0 spiro atoms. The Bertz CT molecular complexity index is 345. The van der Waals surface area contributed by atoms with Gasteiger partial charge in [-0.05, 0) is 17.7 Å². The number of thiol groups is 1. The molecule has 0 saturated heterocycles. The third-order valence-corrected chi connectivity index (χ3v) is 2.50. The SMILES string of the molecule is C=Cc1ccccc1C(=C)NCCCS.CC. The van der Waals surface area contributed by atoms with Crippen molar-refractivity contribution in [3.05, 3.63) is 48.6 Å². The highest BCUT2D eigenvalue weighted by Crippen LogP contribution is 2.16. The molecule has 0 amide bonds. The van der Waals surface area contributed by atoms with E-state index in [0.29, 0.717) is 0 Å². The number of rotatable bonds is 6. The lowest BCUT2D eigenvalue weighted by Crippen LogP contribution is -2.13. The van der Waals surface area contributed by atoms with Crippen molar-refractivity contribution in [2.45, 2.75) is 20.3 Å². The molecule has 0 heterocycles. The van der Waals surface area contributed by atoms with Gasteiger partial charge in [0, 0.05) is 17.8 Å². The van der Waals surface area contributed by atoms with Gasteiger partial charge < -0.3 is 5.32 Å². The number of nitrogens with one attached hydrogen (secondary N) is 1. The van der Waals surface area contributed by atoms with Gasteiger partial charge in [0.05, 0.1) is 0 Å². The zero-order chi connectivity index (χ0) is 13.1. The number of hydrogen-bond donors (Lipinski definition) is 2. The van der Waals surface area contributed by atoms with Crippen LogP contribution in [0.5, 0.6) is 0 Å². The summed E-state index contributed by atoms with van der Waals surface area (Å²) in [6, 6.07) is 8.09. The monoisotopic (exact) mass is 249 g/mol. The Morgan fingerprint density at radius 2 is 2.00 bits per heavy atom. The molecule has 0 atom stereocenters. The molecular weight excluding hydrogens is 226 g/mol. The fraction of sp³-hybridized carbons (Fsp3) is 0.333. The van der Waals surface area contributed by atoms with Crippen molar-refractivity contribution < 1.29 is 0 Å². The summed E-state index contributed by atoms with van der Waals surface area (Å²) >= 11 is 4.16. The number of benzene rings is 1. The van der Waals surface area contributed by atoms with Crippen LogP contribution in [0.1, 0.15) is 31.4 Å². The van der Waals surface area contributed by atoms with Crippen LogP contribution in [0.3, 0.4) is 0 Å². The molecule has 1 nitrogen and oxygen atoms in total. The average molecular weight is 249 g/mol. The Labute approximate surface area is 111 Å². The topological polar surface area (TPSA) is 12.0 Å². The van der Waals surface area contributed by atoms with E-state index in [-0.39, 0.29) is 0 Å². The van der Waals surface area contributed by atoms with Crippen molar-refractivity contribution in [1.29, 1.82) is 0 Å². The average Bonchev–Trinajstić information content (AvgIpc) is 2.41. The van der Waals surface area contributed by atoms with Crippen LogP contribution in [0.15, 0.2) is 37.4 Å². The molecule has 1 N–H and O–H groups in total. The Kier molecular flexibility index (Phi) is 9.35. The van der Waals surface area contributed by atoms with E-state index < -0.39 is 0 Å². The normalized spacial score (nSPS) is 8.88. The van der Waals surface area contributed by atoms with Crippen LogP contribution in [0.2, 0.25) is 0 Å². The lowest BCUT2D eigenvalue weighted by atomic mass is 10.1. The Hall–Kier alpha value is -1.15. The van der Waals surface area contributed by atoms with Gasteiger partial charge in [0.1, 0.15) is 0 Å². The van der Waals surface area contributed by atoms with Gasteiger partial charge in [-0.15, -0.1) is 0 Å². The van der Waals surface area contributed by atoms with Gasteiger partial charge in [0.25, 0.3) is 0 Å². The molecule has 17 heavy (non-hydrogen) atoms. The molecule has 0 unspecified atom stereocenters. The molecule has 0 saturated carbocycles. The summed E-state index contributed by atoms with van der Waals surface area (Å²) in [6.07, 6.45) is 2.89. The Morgan fingerprint density at radius 1 is 1.35 bits per heavy atom. The van der Waals surface area contributed by atoms with Gasteiger partial charge in [0.2, 0.25) is 0 Å². The molecule has 0 aliphatic heterocycles. The first kappa shape index (κ1) is 15.9. The zero-order valence-electron chi connectivity index (χ0n) is 10.9. The molecule has 2 heteroatoms. The van der Waals surface area contributed by atoms with Gasteiger partial charge in [-0.3, -0.25) is 0 Å². The van der Waals surface area contributed by atoms with Crippen LogP contribution in [0.25, 0.3) is 11.8 Å². The number of hydrogen-bond acceptors (Lipinski definition) is 2. The molecule has 0 bridgehead atoms. The van der Waals surface area contributed by atoms with Gasteiger partial charge in [-0.1, -0.05) is 57.3 Å². The van der Waals surface area contributed by atoms with Crippen LogP contribution in [-0.4, -0.2) is 12.3 Å². The van der Waals surface area contributed by atoms with Crippen molar-refractivity contribution in [3.63, 3.8) is 0 Å². The van der Waals surface area contributed by atoms with Crippen LogP contribution in [0, 0.1) is 0 Å². The summed E-state index contributed by atoms with van der Waals surface area (Å²) in [5.41, 5.74) is 3.18. The molecule has 0 aromatic heterocycles. The Morgan fingerprint density at radius 3 is 2.59 bits per heavy atom. The first-order valence-electron chi connectivity index (χ1n) is 6.05. The summed E-state index contributed by atoms with van der Waals surface area (Å²) in [5, 5.41) is 3.28. The second-order valence-electron chi connectivity index (χ2n) is 3.27. The molecule has 0 aliphatic carbocycles. The van der Waals surface area contributed by atoms with E-state index in [1.54, 1.807) is 0 Å². The van der Waals surface area contributed by atoms with Crippen LogP contribution < -0.4 is 5.32 Å². The van der Waals surface area contributed by atoms with Crippen LogP contribution in [0.4, 0.5) is 0 Å². The molecule has 0 fully saturated rings. The van der Waals surface area contributed by atoms with Crippen molar-refractivity contribution in [3.8, 4) is 0 Å². The maximum Gasteiger partial charge on any atom is 0.0346 e. The summed E-state index contributed by atoms with van der Waals surface area (Å²) in [7, 11) is 0. The zero-order valence-corrected chi connectivity index (χ0v) is 11.8. The Balaban J connectivity index is 0.00000121. The lowest BCUT2D eigenvalue weighted by molar-refractivity contribution is 0.833. The second-order valence-corrected chi connectivity index (χ2v) is 3.72. The highest BCUT2D eigenvalue weighted by molar-refractivity contribution is 7.80. The third-order valence-electron chi connectivity index (χ3n) is 2.18. The highest BCUT2D eigenvalue weighted by atomic mass is 32.1. The van der Waals surface area contributed by atoms with Crippen LogP contribution >= 0.6 is 12.6 Å². The minimum atomic E-state index is 0.892. The standard InChI is InChI=1S/C13H17NS.C2H6/c1-3-12-7-4-5-8-13(12)11(2)14-9-6-10-15;1-2/h3-5,7-8,14-15H,1-2,6,9-10H2;1-2H3. The molecule has 1 rings (SSSR count). The van der Waals surface area contributed by atoms with E-state index in [0.717, 1.165) is 35.5 Å². The quantitative estimate of drug-likeness (QED) is 0.568. The van der Waals surface area contributed by atoms with Crippen molar-refractivity contribution in [2.75, 3.05) is 12.3 Å². The summed E-state index contributed by atoms with van der Waals surface area (Å²) in [6.45, 7) is 12.7. The fourth-order valence-corrected chi connectivity index (χ4v) is 1.52. The lowest BCUT2D eigenvalue weighted by Gasteiger charge is -2.11. The second kappa shape index (κ2) is 10.0. The van der Waals surface area contributed by atoms with Crippen molar-refractivity contribution >= 4 is 24.4 Å². The molecular formula is C15H23NS. The predicted octanol–water partition coefficient (Wildman–Crippen LogP) is 4.24. The maximum atomic E-state index is 4.16. The van der Waals surface area contributed by atoms with E-state index in [1.807, 2.05) is 44.2 Å². The molecule has 1 aromatic carbocycles. The molecule has 0 radical (unpaired) electrons. The first-order valence-corrected chi connectivity index (χ1v) is 6.68. The van der Waals surface area contributed by atoms with Gasteiger partial charge >= 0.3 is 0 Å². The molecule has 1 aromatic rings. The third kappa shape index (κ3) is 5.64. The van der Waals surface area contributed by atoms with Gasteiger partial charge in [-0.25, -0.2) is 0 Å². The highest BCUT2D eigenvalue weighted by Gasteiger charge is 2.01. The van der Waals surface area contributed by atoms with Crippen LogP contribution in [-0.2, 0) is 0 Å². The fourth-order valence-electron chi connectivity index (χ4n) is 1.36. The van der Waals surface area contributed by atoms with E-state index in [4.69, 9.17) is 0 Å². The van der Waals surface area contributed by atoms with E-state index in [1.165, 1.54) is 0 Å². The predicted molar refractivity (Wildman–Crippen MR) is 83.4 cm³/mol. The molecule has 0 aliphatic rings. The first-order chi connectivity index (χ1) is 8.29. The summed E-state index contributed by atoms with van der Waals surface area (Å²) in [5.74, 6) is 0.892. The van der Waals surface area contributed by atoms with E-state index >= 15 is 0 Å². The van der Waals surface area contributed by atoms with E-state index in [2.05, 4.69) is 31.1 Å². The van der Waals surface area contributed by atoms with Gasteiger partial charge in [-0.2, -0.15) is 12.6 Å². The summed E-state index contributed by atoms with van der Waals surface area (Å²) in [4.78, 5) is 0. The smallest absolute Gasteiger partial charge is 0.0346 e. The minimum Gasteiger partial charge on any atom is -0.385 e. The van der Waals surface area contributed by atoms with Gasteiger partial charge in [0.15, 0.2) is 0 Å². The molecule has 94 valence electrons. The maximum absolute atomic E-state index is 4.16.